The molecule has 2 aromatic carbocycles. The third-order valence-electron chi connectivity index (χ3n) is 3.89. The molecule has 0 bridgehead atoms. The van der Waals surface area contributed by atoms with E-state index in [-0.39, 0.29) is 6.04 Å². The van der Waals surface area contributed by atoms with Crippen LogP contribution in [0.5, 0.6) is 0 Å². The second kappa shape index (κ2) is 7.77. The van der Waals surface area contributed by atoms with Crippen LogP contribution in [0.2, 0.25) is 0 Å². The molecule has 1 nitrogen and oxygen atoms in total. The average molecular weight is 346 g/mol. The third kappa shape index (κ3) is 4.18. The lowest BCUT2D eigenvalue weighted by molar-refractivity contribution is 0.688. The average Bonchev–Trinajstić information content (AvgIpc) is 2.49. The molecular weight excluding hydrogens is 322 g/mol. The highest BCUT2D eigenvalue weighted by Crippen LogP contribution is 2.29. The van der Waals surface area contributed by atoms with Crippen LogP contribution in [0.15, 0.2) is 46.9 Å². The van der Waals surface area contributed by atoms with Crippen LogP contribution >= 0.6 is 15.9 Å². The van der Waals surface area contributed by atoms with Gasteiger partial charge in [-0.3, -0.25) is 0 Å². The summed E-state index contributed by atoms with van der Waals surface area (Å²) in [6.07, 6.45) is 3.69. The smallest absolute Gasteiger partial charge is 0.0585 e. The van der Waals surface area contributed by atoms with Crippen molar-refractivity contribution in [3.05, 3.63) is 69.2 Å². The van der Waals surface area contributed by atoms with E-state index < -0.39 is 0 Å². The van der Waals surface area contributed by atoms with Gasteiger partial charge in [-0.25, -0.2) is 0 Å². The largest absolute Gasteiger partial charge is 0.309 e. The van der Waals surface area contributed by atoms with Crippen molar-refractivity contribution < 1.29 is 0 Å². The van der Waals surface area contributed by atoms with Gasteiger partial charge in [0, 0.05) is 4.47 Å². The van der Waals surface area contributed by atoms with Gasteiger partial charge in [-0.2, -0.15) is 0 Å². The molecule has 0 aromatic heterocycles. The van der Waals surface area contributed by atoms with E-state index in [1.807, 2.05) is 7.05 Å². The molecule has 0 spiro atoms. The number of hydrogen-bond acceptors (Lipinski definition) is 1. The number of benzene rings is 2. The second-order valence-corrected chi connectivity index (χ2v) is 6.45. The van der Waals surface area contributed by atoms with E-state index in [1.165, 1.54) is 41.5 Å². The van der Waals surface area contributed by atoms with Gasteiger partial charge in [-0.1, -0.05) is 65.7 Å². The summed E-state index contributed by atoms with van der Waals surface area (Å²) in [5.41, 5.74) is 5.29. The van der Waals surface area contributed by atoms with Crippen LogP contribution in [0.3, 0.4) is 0 Å². The SMILES string of the molecule is CCCCc1ccc(C(NC)c2ccc(C)cc2Br)cc1. The van der Waals surface area contributed by atoms with Crippen LogP contribution in [0.4, 0.5) is 0 Å². The summed E-state index contributed by atoms with van der Waals surface area (Å²) in [5.74, 6) is 0. The molecule has 1 N–H and O–H groups in total. The molecule has 1 unspecified atom stereocenters. The van der Waals surface area contributed by atoms with Crippen LogP contribution < -0.4 is 5.32 Å². The summed E-state index contributed by atoms with van der Waals surface area (Å²) < 4.78 is 1.16. The first-order valence-corrected chi connectivity index (χ1v) is 8.47. The van der Waals surface area contributed by atoms with Crippen molar-refractivity contribution in [2.75, 3.05) is 7.05 Å². The van der Waals surface area contributed by atoms with Gasteiger partial charge < -0.3 is 5.32 Å². The number of rotatable bonds is 6. The number of halogens is 1. The van der Waals surface area contributed by atoms with Crippen molar-refractivity contribution in [3.63, 3.8) is 0 Å². The van der Waals surface area contributed by atoms with E-state index in [1.54, 1.807) is 0 Å². The van der Waals surface area contributed by atoms with E-state index in [0.717, 1.165) is 4.47 Å². The van der Waals surface area contributed by atoms with Crippen molar-refractivity contribution >= 4 is 15.9 Å². The third-order valence-corrected chi connectivity index (χ3v) is 4.57. The van der Waals surface area contributed by atoms with Crippen molar-refractivity contribution in [2.45, 2.75) is 39.2 Å². The Hall–Kier alpha value is -1.12. The summed E-state index contributed by atoms with van der Waals surface area (Å²) >= 11 is 3.69. The Labute approximate surface area is 136 Å². The Morgan fingerprint density at radius 2 is 1.81 bits per heavy atom. The van der Waals surface area contributed by atoms with Crippen LogP contribution in [0.1, 0.15) is 48.1 Å². The van der Waals surface area contributed by atoms with Gasteiger partial charge in [0.05, 0.1) is 6.04 Å². The summed E-state index contributed by atoms with van der Waals surface area (Å²) in [4.78, 5) is 0. The van der Waals surface area contributed by atoms with E-state index in [2.05, 4.69) is 77.6 Å². The lowest BCUT2D eigenvalue weighted by atomic mass is 9.96. The molecule has 2 heteroatoms. The first kappa shape index (κ1) is 16.3. The molecule has 0 radical (unpaired) electrons. The van der Waals surface area contributed by atoms with Gasteiger partial charge in [0.1, 0.15) is 0 Å². The highest BCUT2D eigenvalue weighted by atomic mass is 79.9. The minimum absolute atomic E-state index is 0.222. The fourth-order valence-electron chi connectivity index (χ4n) is 2.63. The molecule has 112 valence electrons. The molecule has 21 heavy (non-hydrogen) atoms. The van der Waals surface area contributed by atoms with Crippen LogP contribution in [-0.2, 0) is 6.42 Å². The fourth-order valence-corrected chi connectivity index (χ4v) is 3.35. The molecule has 0 saturated carbocycles. The topological polar surface area (TPSA) is 12.0 Å². The molecule has 1 atom stereocenters. The zero-order valence-electron chi connectivity index (χ0n) is 13.1. The first-order valence-electron chi connectivity index (χ1n) is 7.68. The Kier molecular flexibility index (Phi) is 6.01. The Morgan fingerprint density at radius 3 is 2.38 bits per heavy atom. The van der Waals surface area contributed by atoms with E-state index >= 15 is 0 Å². The lowest BCUT2D eigenvalue weighted by Gasteiger charge is -2.19. The Morgan fingerprint density at radius 1 is 1.10 bits per heavy atom. The Balaban J connectivity index is 2.24. The summed E-state index contributed by atoms with van der Waals surface area (Å²) in [6, 6.07) is 15.8. The minimum Gasteiger partial charge on any atom is -0.309 e. The highest BCUT2D eigenvalue weighted by molar-refractivity contribution is 9.10. The first-order chi connectivity index (χ1) is 10.2. The second-order valence-electron chi connectivity index (χ2n) is 5.59. The van der Waals surface area contributed by atoms with E-state index in [0.29, 0.717) is 0 Å². The zero-order valence-corrected chi connectivity index (χ0v) is 14.7. The molecule has 0 aliphatic heterocycles. The number of unbranched alkanes of at least 4 members (excludes halogenated alkanes) is 1. The molecule has 0 fully saturated rings. The maximum absolute atomic E-state index is 3.69. The quantitative estimate of drug-likeness (QED) is 0.737. The van der Waals surface area contributed by atoms with Crippen LogP contribution in [0, 0.1) is 6.92 Å². The van der Waals surface area contributed by atoms with Crippen LogP contribution in [0.25, 0.3) is 0 Å². The summed E-state index contributed by atoms with van der Waals surface area (Å²) in [5, 5.41) is 3.43. The number of hydrogen-bond donors (Lipinski definition) is 1. The normalized spacial score (nSPS) is 12.4. The van der Waals surface area contributed by atoms with E-state index in [4.69, 9.17) is 0 Å². The maximum atomic E-state index is 3.69. The van der Waals surface area contributed by atoms with Gasteiger partial charge in [0.2, 0.25) is 0 Å². The monoisotopic (exact) mass is 345 g/mol. The van der Waals surface area contributed by atoms with Crippen molar-refractivity contribution in [1.82, 2.24) is 5.32 Å². The molecule has 2 aromatic rings. The van der Waals surface area contributed by atoms with Crippen molar-refractivity contribution in [2.24, 2.45) is 0 Å². The van der Waals surface area contributed by atoms with Crippen LogP contribution in [-0.4, -0.2) is 7.05 Å². The maximum Gasteiger partial charge on any atom is 0.0585 e. The van der Waals surface area contributed by atoms with Gasteiger partial charge in [0.25, 0.3) is 0 Å². The standard InChI is InChI=1S/C19H24BrN/c1-4-5-6-15-8-10-16(11-9-15)19(21-3)17-12-7-14(2)13-18(17)20/h7-13,19,21H,4-6H2,1-3H3. The molecule has 0 saturated heterocycles. The van der Waals surface area contributed by atoms with E-state index in [9.17, 15) is 0 Å². The highest BCUT2D eigenvalue weighted by Gasteiger charge is 2.14. The summed E-state index contributed by atoms with van der Waals surface area (Å²) in [6.45, 7) is 4.35. The fraction of sp³-hybridized carbons (Fsp3) is 0.368. The van der Waals surface area contributed by atoms with Crippen molar-refractivity contribution in [1.29, 1.82) is 0 Å². The predicted octanol–water partition coefficient (Wildman–Crippen LogP) is 5.41. The zero-order chi connectivity index (χ0) is 15.2. The molecule has 0 aliphatic rings. The lowest BCUT2D eigenvalue weighted by Crippen LogP contribution is -2.18. The minimum atomic E-state index is 0.222. The molecular formula is C19H24BrN. The van der Waals surface area contributed by atoms with Gasteiger partial charge >= 0.3 is 0 Å². The predicted molar refractivity (Wildman–Crippen MR) is 94.8 cm³/mol. The van der Waals surface area contributed by atoms with Gasteiger partial charge in [-0.05, 0) is 55.1 Å². The number of aryl methyl sites for hydroxylation is 2. The summed E-state index contributed by atoms with van der Waals surface area (Å²) in [7, 11) is 2.02. The molecule has 2 rings (SSSR count). The van der Waals surface area contributed by atoms with Gasteiger partial charge in [-0.15, -0.1) is 0 Å². The van der Waals surface area contributed by atoms with Gasteiger partial charge in [0.15, 0.2) is 0 Å². The molecule has 0 amide bonds. The Bertz CT molecular complexity index is 575. The number of nitrogens with one attached hydrogen (secondary N) is 1. The molecule has 0 aliphatic carbocycles. The molecule has 0 heterocycles. The van der Waals surface area contributed by atoms with Crippen molar-refractivity contribution in [3.8, 4) is 0 Å².